The topological polar surface area (TPSA) is 101 Å². The van der Waals surface area contributed by atoms with Crippen LogP contribution in [0.5, 0.6) is 0 Å². The van der Waals surface area contributed by atoms with Crippen LogP contribution in [-0.2, 0) is 14.6 Å². The van der Waals surface area contributed by atoms with Gasteiger partial charge in [0.2, 0.25) is 0 Å². The SMILES string of the molecule is NCC(C(=O)O)N1CCS(=O)(=O)CC1. The Hall–Kier alpha value is -0.660. The van der Waals surface area contributed by atoms with Gasteiger partial charge in [-0.25, -0.2) is 8.42 Å². The van der Waals surface area contributed by atoms with Gasteiger partial charge in [-0.2, -0.15) is 0 Å². The zero-order chi connectivity index (χ0) is 10.8. The van der Waals surface area contributed by atoms with Crippen molar-refractivity contribution in [2.24, 2.45) is 5.73 Å². The van der Waals surface area contributed by atoms with E-state index in [0.29, 0.717) is 0 Å². The Labute approximate surface area is 82.6 Å². The second-order valence-corrected chi connectivity index (χ2v) is 5.58. The highest BCUT2D eigenvalue weighted by molar-refractivity contribution is 7.91. The number of sulfone groups is 1. The van der Waals surface area contributed by atoms with Crippen molar-refractivity contribution in [2.45, 2.75) is 6.04 Å². The average Bonchev–Trinajstić information content (AvgIpc) is 2.08. The first-order valence-electron chi connectivity index (χ1n) is 4.33. The van der Waals surface area contributed by atoms with Crippen molar-refractivity contribution in [3.8, 4) is 0 Å². The smallest absolute Gasteiger partial charge is 0.322 e. The molecule has 1 rings (SSSR count). The van der Waals surface area contributed by atoms with E-state index < -0.39 is 21.8 Å². The molecule has 0 amide bonds. The fourth-order valence-electron chi connectivity index (χ4n) is 1.44. The number of hydrogen-bond donors (Lipinski definition) is 2. The Morgan fingerprint density at radius 2 is 1.93 bits per heavy atom. The maximum Gasteiger partial charge on any atom is 0.322 e. The summed E-state index contributed by atoms with van der Waals surface area (Å²) in [5, 5.41) is 8.78. The van der Waals surface area contributed by atoms with Crippen molar-refractivity contribution in [3.05, 3.63) is 0 Å². The number of carboxylic acids is 1. The van der Waals surface area contributed by atoms with Crippen LogP contribution in [0.3, 0.4) is 0 Å². The van der Waals surface area contributed by atoms with Gasteiger partial charge in [-0.15, -0.1) is 0 Å². The molecule has 3 N–H and O–H groups in total. The monoisotopic (exact) mass is 222 g/mol. The van der Waals surface area contributed by atoms with Crippen molar-refractivity contribution in [3.63, 3.8) is 0 Å². The summed E-state index contributed by atoms with van der Waals surface area (Å²) < 4.78 is 22.1. The molecule has 0 aliphatic carbocycles. The summed E-state index contributed by atoms with van der Waals surface area (Å²) in [6, 6.07) is -0.759. The van der Waals surface area contributed by atoms with E-state index in [1.54, 1.807) is 4.90 Å². The minimum atomic E-state index is -2.96. The minimum absolute atomic E-state index is 0.00931. The summed E-state index contributed by atoms with van der Waals surface area (Å²) in [6.45, 7) is 0.530. The molecular weight excluding hydrogens is 208 g/mol. The normalized spacial score (nSPS) is 24.4. The predicted molar refractivity (Wildman–Crippen MR) is 50.7 cm³/mol. The summed E-state index contributed by atoms with van der Waals surface area (Å²) in [4.78, 5) is 12.3. The molecule has 0 radical (unpaired) electrons. The van der Waals surface area contributed by atoms with E-state index >= 15 is 0 Å². The van der Waals surface area contributed by atoms with Gasteiger partial charge in [0.1, 0.15) is 6.04 Å². The van der Waals surface area contributed by atoms with Crippen LogP contribution in [0, 0.1) is 0 Å². The highest BCUT2D eigenvalue weighted by Crippen LogP contribution is 2.07. The lowest BCUT2D eigenvalue weighted by molar-refractivity contribution is -0.142. The quantitative estimate of drug-likeness (QED) is 0.580. The van der Waals surface area contributed by atoms with Crippen LogP contribution in [0.2, 0.25) is 0 Å². The molecule has 1 atom stereocenters. The molecular formula is C7H14N2O4S. The van der Waals surface area contributed by atoms with Crippen LogP contribution in [0.15, 0.2) is 0 Å². The third-order valence-electron chi connectivity index (χ3n) is 2.33. The lowest BCUT2D eigenvalue weighted by Gasteiger charge is -2.30. The zero-order valence-corrected chi connectivity index (χ0v) is 8.53. The molecule has 82 valence electrons. The summed E-state index contributed by atoms with van der Waals surface area (Å²) >= 11 is 0. The van der Waals surface area contributed by atoms with Gasteiger partial charge in [0, 0.05) is 19.6 Å². The summed E-state index contributed by atoms with van der Waals surface area (Å²) in [7, 11) is -2.96. The van der Waals surface area contributed by atoms with Gasteiger partial charge in [0.15, 0.2) is 9.84 Å². The summed E-state index contributed by atoms with van der Waals surface area (Å²) in [5.41, 5.74) is 5.30. The first kappa shape index (κ1) is 11.4. The van der Waals surface area contributed by atoms with E-state index in [4.69, 9.17) is 10.8 Å². The fraction of sp³-hybridized carbons (Fsp3) is 0.857. The van der Waals surface area contributed by atoms with E-state index in [2.05, 4.69) is 0 Å². The van der Waals surface area contributed by atoms with E-state index in [0.717, 1.165) is 0 Å². The lowest BCUT2D eigenvalue weighted by atomic mass is 10.2. The van der Waals surface area contributed by atoms with Gasteiger partial charge in [-0.3, -0.25) is 9.69 Å². The molecule has 14 heavy (non-hydrogen) atoms. The third kappa shape index (κ3) is 2.66. The molecule has 0 aromatic rings. The standard InChI is InChI=1S/C7H14N2O4S/c8-5-6(7(10)11)9-1-3-14(12,13)4-2-9/h6H,1-5,8H2,(H,10,11). The van der Waals surface area contributed by atoms with Gasteiger partial charge >= 0.3 is 5.97 Å². The zero-order valence-electron chi connectivity index (χ0n) is 7.72. The number of nitrogens with two attached hydrogens (primary N) is 1. The highest BCUT2D eigenvalue weighted by atomic mass is 32.2. The predicted octanol–water partition coefficient (Wildman–Crippen LogP) is -1.87. The largest absolute Gasteiger partial charge is 0.480 e. The number of hydrogen-bond acceptors (Lipinski definition) is 5. The molecule has 0 aromatic heterocycles. The Morgan fingerprint density at radius 1 is 1.43 bits per heavy atom. The summed E-state index contributed by atoms with van der Waals surface area (Å²) in [5.74, 6) is -0.945. The first-order valence-corrected chi connectivity index (χ1v) is 6.16. The Kier molecular flexibility index (Phi) is 3.46. The molecule has 1 aliphatic heterocycles. The van der Waals surface area contributed by atoms with Crippen LogP contribution < -0.4 is 5.73 Å². The van der Waals surface area contributed by atoms with E-state index in [-0.39, 0.29) is 31.1 Å². The van der Waals surface area contributed by atoms with Gasteiger partial charge in [0.05, 0.1) is 11.5 Å². The fourth-order valence-corrected chi connectivity index (χ4v) is 2.67. The molecule has 0 spiro atoms. The third-order valence-corrected chi connectivity index (χ3v) is 3.94. The van der Waals surface area contributed by atoms with E-state index in [9.17, 15) is 13.2 Å². The molecule has 7 heteroatoms. The second kappa shape index (κ2) is 4.24. The number of rotatable bonds is 3. The minimum Gasteiger partial charge on any atom is -0.480 e. The van der Waals surface area contributed by atoms with Crippen molar-refractivity contribution < 1.29 is 18.3 Å². The van der Waals surface area contributed by atoms with E-state index in [1.165, 1.54) is 0 Å². The van der Waals surface area contributed by atoms with E-state index in [1.807, 2.05) is 0 Å². The summed E-state index contributed by atoms with van der Waals surface area (Å²) in [6.07, 6.45) is 0. The highest BCUT2D eigenvalue weighted by Gasteiger charge is 2.29. The molecule has 0 aromatic carbocycles. The Bertz CT molecular complexity index is 300. The molecule has 6 nitrogen and oxygen atoms in total. The first-order chi connectivity index (χ1) is 6.46. The number of nitrogens with zero attached hydrogens (tertiary/aromatic N) is 1. The van der Waals surface area contributed by atoms with Crippen molar-refractivity contribution in [1.29, 1.82) is 0 Å². The van der Waals surface area contributed by atoms with Gasteiger partial charge < -0.3 is 10.8 Å². The molecule has 1 heterocycles. The molecule has 0 saturated carbocycles. The molecule has 1 fully saturated rings. The second-order valence-electron chi connectivity index (χ2n) is 3.28. The van der Waals surface area contributed by atoms with Gasteiger partial charge in [-0.1, -0.05) is 0 Å². The lowest BCUT2D eigenvalue weighted by Crippen LogP contribution is -2.52. The number of carbonyl (C=O) groups is 1. The van der Waals surface area contributed by atoms with Crippen molar-refractivity contribution in [1.82, 2.24) is 4.90 Å². The van der Waals surface area contributed by atoms with Crippen molar-refractivity contribution >= 4 is 15.8 Å². The van der Waals surface area contributed by atoms with Crippen LogP contribution in [0.4, 0.5) is 0 Å². The van der Waals surface area contributed by atoms with Crippen LogP contribution in [0.25, 0.3) is 0 Å². The molecule has 1 saturated heterocycles. The van der Waals surface area contributed by atoms with Crippen LogP contribution in [-0.4, -0.2) is 61.6 Å². The number of carboxylic acid groups (broad SMARTS) is 1. The van der Waals surface area contributed by atoms with Gasteiger partial charge in [0.25, 0.3) is 0 Å². The Balaban J connectivity index is 2.60. The average molecular weight is 222 g/mol. The Morgan fingerprint density at radius 3 is 2.29 bits per heavy atom. The van der Waals surface area contributed by atoms with Crippen molar-refractivity contribution in [2.75, 3.05) is 31.1 Å². The maximum atomic E-state index is 11.1. The maximum absolute atomic E-state index is 11.1. The van der Waals surface area contributed by atoms with Crippen LogP contribution in [0.1, 0.15) is 0 Å². The molecule has 0 bridgehead atoms. The molecule has 1 unspecified atom stereocenters. The number of aliphatic carboxylic acids is 1. The molecule has 1 aliphatic rings. The van der Waals surface area contributed by atoms with Gasteiger partial charge in [-0.05, 0) is 0 Å². The van der Waals surface area contributed by atoms with Crippen LogP contribution >= 0.6 is 0 Å².